The standard InChI is InChI=1S/C16H25BrN2/c1-14(15-8-4-5-9-16(15)17)18-10-13-19-11-6-2-3-7-12-19/h4-5,8-9,14,18H,2-3,6-7,10-13H2,1H3. The first kappa shape index (κ1) is 15.0. The van der Waals surface area contributed by atoms with Gasteiger partial charge in [0.05, 0.1) is 0 Å². The molecule has 2 rings (SSSR count). The summed E-state index contributed by atoms with van der Waals surface area (Å²) in [7, 11) is 0. The first-order valence-electron chi connectivity index (χ1n) is 7.47. The summed E-state index contributed by atoms with van der Waals surface area (Å²) in [5.41, 5.74) is 1.35. The van der Waals surface area contributed by atoms with Crippen LogP contribution in [0.2, 0.25) is 0 Å². The van der Waals surface area contributed by atoms with Crippen LogP contribution >= 0.6 is 15.9 Å². The van der Waals surface area contributed by atoms with Crippen LogP contribution in [0.15, 0.2) is 28.7 Å². The number of hydrogen-bond donors (Lipinski definition) is 1. The second-order valence-electron chi connectivity index (χ2n) is 5.45. The van der Waals surface area contributed by atoms with Crippen molar-refractivity contribution in [3.63, 3.8) is 0 Å². The van der Waals surface area contributed by atoms with Gasteiger partial charge in [-0.3, -0.25) is 0 Å². The molecule has 0 bridgehead atoms. The van der Waals surface area contributed by atoms with Crippen molar-refractivity contribution in [1.82, 2.24) is 10.2 Å². The molecule has 1 unspecified atom stereocenters. The lowest BCUT2D eigenvalue weighted by Gasteiger charge is -2.22. The minimum Gasteiger partial charge on any atom is -0.309 e. The Morgan fingerprint density at radius 2 is 1.84 bits per heavy atom. The van der Waals surface area contributed by atoms with Crippen molar-refractivity contribution in [2.45, 2.75) is 38.6 Å². The lowest BCUT2D eigenvalue weighted by atomic mass is 10.1. The van der Waals surface area contributed by atoms with Gasteiger partial charge in [-0.05, 0) is 44.5 Å². The van der Waals surface area contributed by atoms with Crippen LogP contribution in [0.4, 0.5) is 0 Å². The summed E-state index contributed by atoms with van der Waals surface area (Å²) < 4.78 is 1.20. The van der Waals surface area contributed by atoms with E-state index >= 15 is 0 Å². The molecule has 19 heavy (non-hydrogen) atoms. The number of rotatable bonds is 5. The van der Waals surface area contributed by atoms with E-state index < -0.39 is 0 Å². The smallest absolute Gasteiger partial charge is 0.0303 e. The number of likely N-dealkylation sites (tertiary alicyclic amines) is 1. The molecule has 1 aliphatic heterocycles. The summed E-state index contributed by atoms with van der Waals surface area (Å²) in [6.07, 6.45) is 5.58. The highest BCUT2D eigenvalue weighted by Gasteiger charge is 2.10. The predicted octanol–water partition coefficient (Wildman–Crippen LogP) is 3.98. The van der Waals surface area contributed by atoms with Crippen molar-refractivity contribution in [3.8, 4) is 0 Å². The zero-order valence-electron chi connectivity index (χ0n) is 11.9. The minimum absolute atomic E-state index is 0.405. The molecule has 1 aromatic rings. The van der Waals surface area contributed by atoms with E-state index in [0.29, 0.717) is 6.04 Å². The van der Waals surface area contributed by atoms with Crippen LogP contribution in [-0.4, -0.2) is 31.1 Å². The lowest BCUT2D eigenvalue weighted by molar-refractivity contribution is 0.280. The molecule has 0 spiro atoms. The van der Waals surface area contributed by atoms with Crippen LogP contribution in [0.1, 0.15) is 44.2 Å². The van der Waals surface area contributed by atoms with Crippen LogP contribution in [0.5, 0.6) is 0 Å². The third-order valence-corrected chi connectivity index (χ3v) is 4.67. The molecular weight excluding hydrogens is 300 g/mol. The number of benzene rings is 1. The first-order valence-corrected chi connectivity index (χ1v) is 8.27. The summed E-state index contributed by atoms with van der Waals surface area (Å²) in [5.74, 6) is 0. The van der Waals surface area contributed by atoms with Crippen LogP contribution in [0.3, 0.4) is 0 Å². The van der Waals surface area contributed by atoms with E-state index in [9.17, 15) is 0 Å². The second kappa shape index (κ2) is 8.03. The van der Waals surface area contributed by atoms with Gasteiger partial charge in [-0.2, -0.15) is 0 Å². The average molecular weight is 325 g/mol. The van der Waals surface area contributed by atoms with E-state index in [0.717, 1.165) is 6.54 Å². The molecule has 1 heterocycles. The molecule has 1 aromatic carbocycles. The second-order valence-corrected chi connectivity index (χ2v) is 6.31. The van der Waals surface area contributed by atoms with Gasteiger partial charge in [-0.15, -0.1) is 0 Å². The molecule has 106 valence electrons. The minimum atomic E-state index is 0.405. The third-order valence-electron chi connectivity index (χ3n) is 3.95. The zero-order chi connectivity index (χ0) is 13.5. The highest BCUT2D eigenvalue weighted by Crippen LogP contribution is 2.22. The molecule has 1 saturated heterocycles. The van der Waals surface area contributed by atoms with Gasteiger partial charge in [-0.25, -0.2) is 0 Å². The Morgan fingerprint density at radius 1 is 1.16 bits per heavy atom. The molecule has 0 amide bonds. The Hall–Kier alpha value is -0.380. The zero-order valence-corrected chi connectivity index (χ0v) is 13.5. The van der Waals surface area contributed by atoms with E-state index in [1.54, 1.807) is 0 Å². The SMILES string of the molecule is CC(NCCN1CCCCCC1)c1ccccc1Br. The summed E-state index contributed by atoms with van der Waals surface area (Å²) in [5, 5.41) is 3.64. The fourth-order valence-corrected chi connectivity index (χ4v) is 3.36. The summed E-state index contributed by atoms with van der Waals surface area (Å²) in [4.78, 5) is 2.60. The summed E-state index contributed by atoms with van der Waals surface area (Å²) in [6.45, 7) is 7.05. The average Bonchev–Trinajstić information content (AvgIpc) is 2.68. The van der Waals surface area contributed by atoms with Crippen LogP contribution in [0.25, 0.3) is 0 Å². The van der Waals surface area contributed by atoms with E-state index in [2.05, 4.69) is 57.3 Å². The monoisotopic (exact) mass is 324 g/mol. The number of nitrogens with one attached hydrogen (secondary N) is 1. The maximum Gasteiger partial charge on any atom is 0.0303 e. The molecule has 3 heteroatoms. The van der Waals surface area contributed by atoms with E-state index in [4.69, 9.17) is 0 Å². The Balaban J connectivity index is 1.74. The van der Waals surface area contributed by atoms with Gasteiger partial charge in [0.25, 0.3) is 0 Å². The van der Waals surface area contributed by atoms with Gasteiger partial charge in [0.15, 0.2) is 0 Å². The van der Waals surface area contributed by atoms with Crippen molar-refractivity contribution in [1.29, 1.82) is 0 Å². The van der Waals surface area contributed by atoms with Crippen molar-refractivity contribution in [2.24, 2.45) is 0 Å². The van der Waals surface area contributed by atoms with Crippen molar-refractivity contribution in [2.75, 3.05) is 26.2 Å². The van der Waals surface area contributed by atoms with Crippen LogP contribution in [0, 0.1) is 0 Å². The fourth-order valence-electron chi connectivity index (χ4n) is 2.74. The van der Waals surface area contributed by atoms with Crippen LogP contribution < -0.4 is 5.32 Å². The van der Waals surface area contributed by atoms with E-state index in [-0.39, 0.29) is 0 Å². The predicted molar refractivity (Wildman–Crippen MR) is 85.5 cm³/mol. The highest BCUT2D eigenvalue weighted by molar-refractivity contribution is 9.10. The maximum absolute atomic E-state index is 3.64. The van der Waals surface area contributed by atoms with E-state index in [1.165, 1.54) is 55.4 Å². The normalized spacial score (nSPS) is 19.1. The van der Waals surface area contributed by atoms with Gasteiger partial charge >= 0.3 is 0 Å². The molecule has 2 nitrogen and oxygen atoms in total. The highest BCUT2D eigenvalue weighted by atomic mass is 79.9. The lowest BCUT2D eigenvalue weighted by Crippen LogP contribution is -2.33. The summed E-state index contributed by atoms with van der Waals surface area (Å²) in [6, 6.07) is 8.88. The largest absolute Gasteiger partial charge is 0.309 e. The van der Waals surface area contributed by atoms with Crippen molar-refractivity contribution < 1.29 is 0 Å². The summed E-state index contributed by atoms with van der Waals surface area (Å²) >= 11 is 3.63. The molecule has 0 aliphatic carbocycles. The van der Waals surface area contributed by atoms with Gasteiger partial charge in [0, 0.05) is 23.6 Å². The Bertz CT molecular complexity index is 373. The molecular formula is C16H25BrN2. The topological polar surface area (TPSA) is 15.3 Å². The first-order chi connectivity index (χ1) is 9.27. The van der Waals surface area contributed by atoms with Crippen molar-refractivity contribution >= 4 is 15.9 Å². The van der Waals surface area contributed by atoms with Gasteiger partial charge < -0.3 is 10.2 Å². The van der Waals surface area contributed by atoms with Gasteiger partial charge in [-0.1, -0.05) is 47.0 Å². The van der Waals surface area contributed by atoms with Gasteiger partial charge in [0.1, 0.15) is 0 Å². The Morgan fingerprint density at radius 3 is 2.53 bits per heavy atom. The molecule has 1 aliphatic rings. The Labute approximate surface area is 125 Å². The third kappa shape index (κ3) is 4.90. The van der Waals surface area contributed by atoms with Gasteiger partial charge in [0.2, 0.25) is 0 Å². The molecule has 1 N–H and O–H groups in total. The molecule has 1 atom stereocenters. The number of halogens is 1. The number of nitrogens with zero attached hydrogens (tertiary/aromatic N) is 1. The molecule has 0 radical (unpaired) electrons. The molecule has 0 saturated carbocycles. The van der Waals surface area contributed by atoms with Crippen LogP contribution in [-0.2, 0) is 0 Å². The Kier molecular flexibility index (Phi) is 6.35. The molecule has 1 fully saturated rings. The number of hydrogen-bond acceptors (Lipinski definition) is 2. The fraction of sp³-hybridized carbons (Fsp3) is 0.625. The quantitative estimate of drug-likeness (QED) is 0.881. The molecule has 0 aromatic heterocycles. The van der Waals surface area contributed by atoms with Crippen molar-refractivity contribution in [3.05, 3.63) is 34.3 Å². The van der Waals surface area contributed by atoms with E-state index in [1.807, 2.05) is 0 Å². The maximum atomic E-state index is 3.64.